The van der Waals surface area contributed by atoms with Gasteiger partial charge in [-0.3, -0.25) is 9.97 Å². The number of imidazole rings is 1. The largest absolute Gasteiger partial charge is 0.609 e. The van der Waals surface area contributed by atoms with E-state index in [0.717, 1.165) is 23.0 Å². The Morgan fingerprint density at radius 1 is 1.41 bits per heavy atom. The number of rotatable bonds is 6. The number of fused-ring (bicyclic) bond motifs is 1. The number of H-pyrrole nitrogens is 1. The first kappa shape index (κ1) is 18.9. The number of nitrogens with one attached hydrogen (secondary N) is 1. The monoisotopic (exact) mass is 385 g/mol. The summed E-state index contributed by atoms with van der Waals surface area (Å²) >= 11 is -1.42. The van der Waals surface area contributed by atoms with Gasteiger partial charge in [-0.1, -0.05) is 6.58 Å². The van der Waals surface area contributed by atoms with Crippen LogP contribution in [0.1, 0.15) is 16.8 Å². The van der Waals surface area contributed by atoms with Gasteiger partial charge in [-0.2, -0.15) is 4.98 Å². The molecular weight excluding hydrogens is 366 g/mol. The lowest BCUT2D eigenvalue weighted by atomic mass is 10.1. The third kappa shape index (κ3) is 3.96. The van der Waals surface area contributed by atoms with Crippen LogP contribution in [0.15, 0.2) is 42.2 Å². The molecule has 27 heavy (non-hydrogen) atoms. The molecule has 1 N–H and O–H groups in total. The van der Waals surface area contributed by atoms with Crippen molar-refractivity contribution in [2.24, 2.45) is 0 Å². The van der Waals surface area contributed by atoms with Crippen LogP contribution in [0.2, 0.25) is 0 Å². The standard InChI is InChI=1S/C19H19N3O4S/c1-5-17(23)26-13-6-7-14-15(8-13)22-19(21-14)27(24)10-16-12(3)18(25-4)11(2)9-20-16/h5-9H,1,10H2,2-4H3,(H,21,22). The zero-order valence-corrected chi connectivity index (χ0v) is 16.1. The summed E-state index contributed by atoms with van der Waals surface area (Å²) in [6.07, 6.45) is 2.79. The molecule has 8 heteroatoms. The lowest BCUT2D eigenvalue weighted by molar-refractivity contribution is -0.128. The quantitative estimate of drug-likeness (QED) is 0.303. The number of esters is 1. The van der Waals surface area contributed by atoms with Gasteiger partial charge in [0.15, 0.2) is 5.75 Å². The fourth-order valence-electron chi connectivity index (χ4n) is 2.70. The number of nitrogens with zero attached hydrogens (tertiary/aromatic N) is 2. The van der Waals surface area contributed by atoms with Crippen molar-refractivity contribution < 1.29 is 18.8 Å². The first-order valence-corrected chi connectivity index (χ1v) is 9.46. The van der Waals surface area contributed by atoms with E-state index in [0.29, 0.717) is 27.6 Å². The molecule has 1 atom stereocenters. The van der Waals surface area contributed by atoms with E-state index in [2.05, 4.69) is 21.5 Å². The second-order valence-electron chi connectivity index (χ2n) is 5.88. The number of hydrogen-bond acceptors (Lipinski definition) is 6. The van der Waals surface area contributed by atoms with Crippen LogP contribution in [0.4, 0.5) is 0 Å². The maximum atomic E-state index is 12.8. The lowest BCUT2D eigenvalue weighted by Crippen LogP contribution is -2.10. The van der Waals surface area contributed by atoms with Gasteiger partial charge in [-0.05, 0) is 26.0 Å². The molecule has 2 aromatic heterocycles. The minimum absolute atomic E-state index is 0.209. The average Bonchev–Trinajstić information content (AvgIpc) is 3.08. The van der Waals surface area contributed by atoms with Crippen LogP contribution in [-0.4, -0.2) is 32.6 Å². The van der Waals surface area contributed by atoms with Crippen molar-refractivity contribution in [3.8, 4) is 11.5 Å². The maximum Gasteiger partial charge on any atom is 0.335 e. The Balaban J connectivity index is 1.85. The summed E-state index contributed by atoms with van der Waals surface area (Å²) in [4.78, 5) is 23.1. The Kier molecular flexibility index (Phi) is 5.48. The first-order valence-electron chi connectivity index (χ1n) is 8.14. The number of methoxy groups -OCH3 is 1. The molecule has 2 heterocycles. The van der Waals surface area contributed by atoms with E-state index in [1.165, 1.54) is 0 Å². The maximum absolute atomic E-state index is 12.8. The molecule has 0 aliphatic heterocycles. The van der Waals surface area contributed by atoms with E-state index >= 15 is 0 Å². The van der Waals surface area contributed by atoms with Gasteiger partial charge in [0, 0.05) is 40.6 Å². The van der Waals surface area contributed by atoms with Crippen molar-refractivity contribution in [3.63, 3.8) is 0 Å². The van der Waals surface area contributed by atoms with Crippen molar-refractivity contribution in [1.29, 1.82) is 0 Å². The summed E-state index contributed by atoms with van der Waals surface area (Å²) in [5.74, 6) is 0.747. The molecule has 3 rings (SSSR count). The minimum atomic E-state index is -1.42. The normalized spacial score (nSPS) is 12.0. The fourth-order valence-corrected chi connectivity index (χ4v) is 3.80. The summed E-state index contributed by atoms with van der Waals surface area (Å²) in [6, 6.07) is 4.95. The van der Waals surface area contributed by atoms with Gasteiger partial charge in [0.25, 0.3) is 0 Å². The van der Waals surface area contributed by atoms with Gasteiger partial charge in [0.2, 0.25) is 0 Å². The highest BCUT2D eigenvalue weighted by Gasteiger charge is 2.21. The number of pyridine rings is 1. The predicted molar refractivity (Wildman–Crippen MR) is 102 cm³/mol. The third-order valence-electron chi connectivity index (χ3n) is 4.05. The molecular formula is C19H19N3O4S. The Bertz CT molecular complexity index is 1020. The molecule has 0 fully saturated rings. The first-order chi connectivity index (χ1) is 12.9. The number of carbonyl (C=O) groups is 1. The molecule has 1 aromatic carbocycles. The molecule has 0 aliphatic carbocycles. The summed E-state index contributed by atoms with van der Waals surface area (Å²) in [5, 5.41) is 0.331. The summed E-state index contributed by atoms with van der Waals surface area (Å²) in [7, 11) is 1.60. The fraction of sp³-hybridized carbons (Fsp3) is 0.211. The van der Waals surface area contributed by atoms with Crippen LogP contribution in [0.25, 0.3) is 11.0 Å². The number of carbonyl (C=O) groups excluding carboxylic acids is 1. The van der Waals surface area contributed by atoms with E-state index < -0.39 is 17.1 Å². The Morgan fingerprint density at radius 2 is 2.19 bits per heavy atom. The molecule has 1 unspecified atom stereocenters. The van der Waals surface area contributed by atoms with E-state index in [9.17, 15) is 9.35 Å². The van der Waals surface area contributed by atoms with Crippen molar-refractivity contribution in [2.75, 3.05) is 7.11 Å². The number of aromatic nitrogens is 3. The van der Waals surface area contributed by atoms with Gasteiger partial charge in [-0.25, -0.2) is 4.79 Å². The Hall–Kier alpha value is -2.84. The SMILES string of the molecule is C=CC(=O)Oc1ccc2[nH]c([S+]([O-])Cc3ncc(C)c(OC)c3C)nc2c1. The predicted octanol–water partition coefficient (Wildman–Crippen LogP) is 2.98. The Morgan fingerprint density at radius 3 is 2.89 bits per heavy atom. The highest BCUT2D eigenvalue weighted by Crippen LogP contribution is 2.27. The molecule has 0 amide bonds. The molecule has 0 aliphatic rings. The second-order valence-corrected chi connectivity index (χ2v) is 7.25. The zero-order chi connectivity index (χ0) is 19.6. The van der Waals surface area contributed by atoms with Crippen molar-refractivity contribution in [1.82, 2.24) is 15.0 Å². The van der Waals surface area contributed by atoms with Crippen LogP contribution in [-0.2, 0) is 21.7 Å². The molecule has 0 saturated carbocycles. The molecule has 7 nitrogen and oxygen atoms in total. The van der Waals surface area contributed by atoms with Crippen LogP contribution < -0.4 is 9.47 Å². The molecule has 3 aromatic rings. The van der Waals surface area contributed by atoms with Crippen molar-refractivity contribution in [3.05, 3.63) is 53.9 Å². The van der Waals surface area contributed by atoms with E-state index in [4.69, 9.17) is 9.47 Å². The molecule has 140 valence electrons. The summed E-state index contributed by atoms with van der Waals surface area (Å²) < 4.78 is 23.2. The Labute approximate surface area is 159 Å². The van der Waals surface area contributed by atoms with Gasteiger partial charge < -0.3 is 14.0 Å². The van der Waals surface area contributed by atoms with Crippen LogP contribution in [0.5, 0.6) is 11.5 Å². The number of hydrogen-bond donors (Lipinski definition) is 1. The highest BCUT2D eigenvalue weighted by atomic mass is 32.2. The van der Waals surface area contributed by atoms with E-state index in [1.54, 1.807) is 31.5 Å². The van der Waals surface area contributed by atoms with E-state index in [-0.39, 0.29) is 5.75 Å². The zero-order valence-electron chi connectivity index (χ0n) is 15.2. The number of benzene rings is 1. The van der Waals surface area contributed by atoms with Gasteiger partial charge in [0.05, 0.1) is 23.8 Å². The third-order valence-corrected chi connectivity index (χ3v) is 5.21. The number of aromatic amines is 1. The van der Waals surface area contributed by atoms with Crippen LogP contribution in [0.3, 0.4) is 0 Å². The van der Waals surface area contributed by atoms with Gasteiger partial charge in [0.1, 0.15) is 11.5 Å². The molecule has 0 radical (unpaired) electrons. The van der Waals surface area contributed by atoms with Gasteiger partial charge >= 0.3 is 11.1 Å². The van der Waals surface area contributed by atoms with Crippen molar-refractivity contribution in [2.45, 2.75) is 24.8 Å². The summed E-state index contributed by atoms with van der Waals surface area (Å²) in [6.45, 7) is 7.17. The van der Waals surface area contributed by atoms with Gasteiger partial charge in [-0.15, -0.1) is 0 Å². The van der Waals surface area contributed by atoms with Crippen LogP contribution >= 0.6 is 0 Å². The van der Waals surface area contributed by atoms with E-state index in [1.807, 2.05) is 13.8 Å². The summed E-state index contributed by atoms with van der Waals surface area (Å²) in [5.41, 5.74) is 3.73. The lowest BCUT2D eigenvalue weighted by Gasteiger charge is -2.13. The molecule has 0 spiro atoms. The number of ether oxygens (including phenoxy) is 2. The molecule has 0 bridgehead atoms. The second kappa shape index (κ2) is 7.81. The smallest absolute Gasteiger partial charge is 0.335 e. The highest BCUT2D eigenvalue weighted by molar-refractivity contribution is 7.90. The average molecular weight is 385 g/mol. The topological polar surface area (TPSA) is 100 Å². The van der Waals surface area contributed by atoms with Crippen molar-refractivity contribution >= 4 is 28.2 Å². The number of aryl methyl sites for hydroxylation is 1. The minimum Gasteiger partial charge on any atom is -0.609 e. The molecule has 0 saturated heterocycles. The van der Waals surface area contributed by atoms with Crippen LogP contribution in [0, 0.1) is 13.8 Å².